The molecule has 0 aliphatic rings. The third-order valence-electron chi connectivity index (χ3n) is 2.46. The van der Waals surface area contributed by atoms with Crippen molar-refractivity contribution in [3.05, 3.63) is 35.4 Å². The van der Waals surface area contributed by atoms with E-state index in [0.717, 1.165) is 12.5 Å². The normalized spacial score (nSPS) is 10.5. The highest BCUT2D eigenvalue weighted by atomic mass is 19.1. The zero-order valence-corrected chi connectivity index (χ0v) is 10.8. The second kappa shape index (κ2) is 8.55. The molecular weight excluding hydrogens is 254 g/mol. The maximum absolute atomic E-state index is 13.3. The van der Waals surface area contributed by atoms with Gasteiger partial charge in [-0.3, -0.25) is 4.79 Å². The summed E-state index contributed by atoms with van der Waals surface area (Å²) in [5.41, 5.74) is 0.327. The van der Waals surface area contributed by atoms with Gasteiger partial charge in [0.1, 0.15) is 11.6 Å². The molecule has 0 radical (unpaired) electrons. The summed E-state index contributed by atoms with van der Waals surface area (Å²) in [6, 6.07) is 3.36. The molecule has 19 heavy (non-hydrogen) atoms. The minimum Gasteiger partial charge on any atom is -0.385 e. The summed E-state index contributed by atoms with van der Waals surface area (Å²) in [5, 5.41) is 5.49. The lowest BCUT2D eigenvalue weighted by atomic mass is 10.2. The Bertz CT molecular complexity index is 414. The maximum atomic E-state index is 13.3. The second-order valence-corrected chi connectivity index (χ2v) is 4.04. The molecule has 0 saturated carbocycles. The Morgan fingerprint density at radius 2 is 2.16 bits per heavy atom. The van der Waals surface area contributed by atoms with Crippen molar-refractivity contribution in [1.82, 2.24) is 10.6 Å². The van der Waals surface area contributed by atoms with E-state index in [1.165, 1.54) is 12.1 Å². The predicted molar refractivity (Wildman–Crippen MR) is 67.6 cm³/mol. The van der Waals surface area contributed by atoms with Gasteiger partial charge in [0, 0.05) is 38.4 Å². The smallest absolute Gasteiger partial charge is 0.233 e. The summed E-state index contributed by atoms with van der Waals surface area (Å²) in [5.74, 6) is -1.40. The fourth-order valence-corrected chi connectivity index (χ4v) is 1.48. The van der Waals surface area contributed by atoms with E-state index in [2.05, 4.69) is 10.6 Å². The zero-order chi connectivity index (χ0) is 14.1. The minimum absolute atomic E-state index is 0.0871. The van der Waals surface area contributed by atoms with Gasteiger partial charge < -0.3 is 15.4 Å². The van der Waals surface area contributed by atoms with Crippen LogP contribution < -0.4 is 10.6 Å². The Balaban J connectivity index is 2.20. The van der Waals surface area contributed by atoms with E-state index in [1.54, 1.807) is 7.11 Å². The average molecular weight is 272 g/mol. The van der Waals surface area contributed by atoms with Crippen LogP contribution in [-0.4, -0.2) is 32.7 Å². The molecule has 0 unspecified atom stereocenters. The predicted octanol–water partition coefficient (Wildman–Crippen LogP) is 1.21. The second-order valence-electron chi connectivity index (χ2n) is 4.04. The van der Waals surface area contributed by atoms with Gasteiger partial charge in [0.05, 0.1) is 6.54 Å². The van der Waals surface area contributed by atoms with Crippen LogP contribution in [0.5, 0.6) is 0 Å². The first kappa shape index (κ1) is 15.5. The van der Waals surface area contributed by atoms with Crippen LogP contribution in [0.1, 0.15) is 12.0 Å². The van der Waals surface area contributed by atoms with Gasteiger partial charge in [0.2, 0.25) is 5.91 Å². The van der Waals surface area contributed by atoms with E-state index in [1.807, 2.05) is 0 Å². The molecule has 0 atom stereocenters. The van der Waals surface area contributed by atoms with E-state index in [-0.39, 0.29) is 19.0 Å². The molecule has 1 aromatic carbocycles. The van der Waals surface area contributed by atoms with Crippen LogP contribution in [0.15, 0.2) is 18.2 Å². The molecule has 1 aromatic rings. The molecule has 1 amide bonds. The molecule has 2 N–H and O–H groups in total. The summed E-state index contributed by atoms with van der Waals surface area (Å²) in [4.78, 5) is 11.4. The highest BCUT2D eigenvalue weighted by Gasteiger charge is 2.04. The molecule has 0 aromatic heterocycles. The molecular formula is C13H18F2N2O2. The van der Waals surface area contributed by atoms with Gasteiger partial charge in [-0.1, -0.05) is 6.07 Å². The van der Waals surface area contributed by atoms with Crippen molar-refractivity contribution in [1.29, 1.82) is 0 Å². The van der Waals surface area contributed by atoms with Crippen molar-refractivity contribution in [3.63, 3.8) is 0 Å². The van der Waals surface area contributed by atoms with Crippen molar-refractivity contribution in [3.8, 4) is 0 Å². The molecule has 0 aliphatic heterocycles. The molecule has 0 fully saturated rings. The van der Waals surface area contributed by atoms with Crippen LogP contribution in [-0.2, 0) is 16.1 Å². The number of nitrogens with one attached hydrogen (secondary N) is 2. The van der Waals surface area contributed by atoms with Crippen LogP contribution >= 0.6 is 0 Å². The lowest BCUT2D eigenvalue weighted by Crippen LogP contribution is -2.34. The van der Waals surface area contributed by atoms with E-state index < -0.39 is 11.6 Å². The number of ether oxygens (including phenoxy) is 1. The van der Waals surface area contributed by atoms with Crippen molar-refractivity contribution in [2.75, 3.05) is 26.8 Å². The van der Waals surface area contributed by atoms with Gasteiger partial charge in [-0.15, -0.1) is 0 Å². The quantitative estimate of drug-likeness (QED) is 0.699. The molecule has 1 rings (SSSR count). The van der Waals surface area contributed by atoms with Gasteiger partial charge in [0.15, 0.2) is 0 Å². The number of methoxy groups -OCH3 is 1. The first-order valence-electron chi connectivity index (χ1n) is 6.03. The largest absolute Gasteiger partial charge is 0.385 e. The van der Waals surface area contributed by atoms with E-state index in [9.17, 15) is 13.6 Å². The number of amides is 1. The molecule has 0 saturated heterocycles. The molecule has 6 heteroatoms. The number of halogens is 2. The Labute approximate surface area is 111 Å². The van der Waals surface area contributed by atoms with Crippen LogP contribution in [0.25, 0.3) is 0 Å². The van der Waals surface area contributed by atoms with Gasteiger partial charge in [0.25, 0.3) is 0 Å². The van der Waals surface area contributed by atoms with Crippen molar-refractivity contribution in [2.45, 2.75) is 13.0 Å². The van der Waals surface area contributed by atoms with Crippen molar-refractivity contribution >= 4 is 5.91 Å². The first-order chi connectivity index (χ1) is 9.13. The lowest BCUT2D eigenvalue weighted by molar-refractivity contribution is -0.120. The van der Waals surface area contributed by atoms with E-state index in [0.29, 0.717) is 18.7 Å². The highest BCUT2D eigenvalue weighted by Crippen LogP contribution is 2.08. The third-order valence-corrected chi connectivity index (χ3v) is 2.46. The number of hydrogen-bond acceptors (Lipinski definition) is 3. The number of benzene rings is 1. The van der Waals surface area contributed by atoms with Gasteiger partial charge >= 0.3 is 0 Å². The number of carbonyl (C=O) groups is 1. The maximum Gasteiger partial charge on any atom is 0.233 e. The van der Waals surface area contributed by atoms with Crippen molar-refractivity contribution < 1.29 is 18.3 Å². The Morgan fingerprint density at radius 3 is 2.84 bits per heavy atom. The molecule has 0 aliphatic carbocycles. The molecule has 0 heterocycles. The minimum atomic E-state index is -0.618. The Kier molecular flexibility index (Phi) is 6.99. The topological polar surface area (TPSA) is 50.4 Å². The summed E-state index contributed by atoms with van der Waals surface area (Å²) in [7, 11) is 1.60. The van der Waals surface area contributed by atoms with Gasteiger partial charge in [-0.2, -0.15) is 0 Å². The van der Waals surface area contributed by atoms with E-state index in [4.69, 9.17) is 4.74 Å². The number of carbonyl (C=O) groups excluding carboxylic acids is 1. The Morgan fingerprint density at radius 1 is 1.37 bits per heavy atom. The molecule has 0 bridgehead atoms. The molecule has 4 nitrogen and oxygen atoms in total. The number of rotatable bonds is 8. The first-order valence-corrected chi connectivity index (χ1v) is 6.03. The van der Waals surface area contributed by atoms with Crippen LogP contribution in [0.4, 0.5) is 8.78 Å². The fraction of sp³-hybridized carbons (Fsp3) is 0.462. The van der Waals surface area contributed by atoms with Gasteiger partial charge in [-0.25, -0.2) is 8.78 Å². The highest BCUT2D eigenvalue weighted by molar-refractivity contribution is 5.77. The van der Waals surface area contributed by atoms with Crippen LogP contribution in [0, 0.1) is 11.6 Å². The standard InChI is InChI=1S/C13H18F2N2O2/c1-19-6-2-5-17-13(18)9-16-8-10-3-4-11(14)7-12(10)15/h3-4,7,16H,2,5-6,8-9H2,1H3,(H,17,18). The lowest BCUT2D eigenvalue weighted by Gasteiger charge is -2.07. The fourth-order valence-electron chi connectivity index (χ4n) is 1.48. The van der Waals surface area contributed by atoms with E-state index >= 15 is 0 Å². The van der Waals surface area contributed by atoms with Crippen molar-refractivity contribution in [2.24, 2.45) is 0 Å². The monoisotopic (exact) mass is 272 g/mol. The summed E-state index contributed by atoms with van der Waals surface area (Å²) in [6.45, 7) is 1.40. The summed E-state index contributed by atoms with van der Waals surface area (Å²) >= 11 is 0. The Hall–Kier alpha value is -1.53. The SMILES string of the molecule is COCCCNC(=O)CNCc1ccc(F)cc1F. The van der Waals surface area contributed by atoms with Crippen LogP contribution in [0.2, 0.25) is 0 Å². The van der Waals surface area contributed by atoms with Gasteiger partial charge in [-0.05, 0) is 12.5 Å². The molecule has 106 valence electrons. The molecule has 0 spiro atoms. The number of hydrogen-bond donors (Lipinski definition) is 2. The average Bonchev–Trinajstić information content (AvgIpc) is 2.37. The summed E-state index contributed by atoms with van der Waals surface area (Å²) in [6.07, 6.45) is 0.745. The van der Waals surface area contributed by atoms with Crippen LogP contribution in [0.3, 0.4) is 0 Å². The third kappa shape index (κ3) is 6.26. The summed E-state index contributed by atoms with van der Waals surface area (Å²) < 4.78 is 30.8. The zero-order valence-electron chi connectivity index (χ0n) is 10.8.